The number of fused-ring (bicyclic) bond motifs is 3. The highest BCUT2D eigenvalue weighted by molar-refractivity contribution is 6.06. The lowest BCUT2D eigenvalue weighted by Crippen LogP contribution is -2.28. The van der Waals surface area contributed by atoms with E-state index in [1.807, 2.05) is 6.07 Å². The maximum Gasteiger partial charge on any atom is 0.330 e. The van der Waals surface area contributed by atoms with Crippen LogP contribution < -0.4 is 0 Å². The van der Waals surface area contributed by atoms with Crippen molar-refractivity contribution in [2.24, 2.45) is 5.41 Å². The van der Waals surface area contributed by atoms with E-state index in [1.54, 1.807) is 6.08 Å². The molecule has 27 heavy (non-hydrogen) atoms. The fourth-order valence-electron chi connectivity index (χ4n) is 5.16. The number of methoxy groups -OCH3 is 1. The number of ether oxygens (including phenoxy) is 1. The number of carbonyl (C=O) groups is 2. The lowest BCUT2D eigenvalue weighted by Gasteiger charge is -2.20. The van der Waals surface area contributed by atoms with Crippen LogP contribution in [0.3, 0.4) is 0 Å². The van der Waals surface area contributed by atoms with Crippen molar-refractivity contribution < 1.29 is 14.3 Å². The van der Waals surface area contributed by atoms with Gasteiger partial charge >= 0.3 is 5.97 Å². The first kappa shape index (κ1) is 16.5. The molecule has 1 atom stereocenters. The van der Waals surface area contributed by atoms with Gasteiger partial charge in [0.15, 0.2) is 5.78 Å². The number of Topliss-reactive ketones (excluding diaryl/α,β-unsaturated/α-hetero) is 1. The van der Waals surface area contributed by atoms with Gasteiger partial charge in [-0.2, -0.15) is 0 Å². The molecule has 2 aromatic carbocycles. The van der Waals surface area contributed by atoms with E-state index in [2.05, 4.69) is 29.0 Å². The summed E-state index contributed by atoms with van der Waals surface area (Å²) in [5.41, 5.74) is 8.21. The molecule has 136 valence electrons. The van der Waals surface area contributed by atoms with Gasteiger partial charge in [0.2, 0.25) is 0 Å². The van der Waals surface area contributed by atoms with Crippen LogP contribution in [-0.2, 0) is 41.6 Å². The Hall–Kier alpha value is -2.68. The largest absolute Gasteiger partial charge is 0.466 e. The second kappa shape index (κ2) is 5.91. The van der Waals surface area contributed by atoms with Gasteiger partial charge in [-0.25, -0.2) is 4.79 Å². The van der Waals surface area contributed by atoms with Crippen molar-refractivity contribution in [2.75, 3.05) is 7.11 Å². The minimum absolute atomic E-state index is 0.301. The molecule has 0 radical (unpaired) electrons. The molecule has 5 rings (SSSR count). The Kier molecular flexibility index (Phi) is 3.61. The smallest absolute Gasteiger partial charge is 0.330 e. The van der Waals surface area contributed by atoms with Crippen LogP contribution in [0.4, 0.5) is 0 Å². The third-order valence-corrected chi connectivity index (χ3v) is 6.47. The number of carbonyl (C=O) groups excluding carboxylic acids is 2. The average molecular weight is 358 g/mol. The predicted octanol–water partition coefficient (Wildman–Crippen LogP) is 3.89. The summed E-state index contributed by atoms with van der Waals surface area (Å²) in [6.45, 7) is 0. The number of esters is 1. The standard InChI is InChI=1S/C24H22O3/c1-27-22(25)8-6-15-5-7-18-12-24(13-19(18)9-15)14-20-10-16-3-2-4-17(16)11-21(20)23(24)26/h5-11H,2-4,12-14H2,1H3/b8-6+. The van der Waals surface area contributed by atoms with Gasteiger partial charge < -0.3 is 4.74 Å². The molecule has 2 aromatic rings. The highest BCUT2D eigenvalue weighted by atomic mass is 16.5. The van der Waals surface area contributed by atoms with Crippen LogP contribution in [0.2, 0.25) is 0 Å². The molecule has 0 N–H and O–H groups in total. The van der Waals surface area contributed by atoms with Crippen LogP contribution in [0, 0.1) is 5.41 Å². The summed E-state index contributed by atoms with van der Waals surface area (Å²) in [6, 6.07) is 10.7. The molecule has 3 nitrogen and oxygen atoms in total. The van der Waals surface area contributed by atoms with E-state index in [4.69, 9.17) is 0 Å². The van der Waals surface area contributed by atoms with Crippen LogP contribution in [0.25, 0.3) is 6.08 Å². The van der Waals surface area contributed by atoms with Crippen molar-refractivity contribution in [1.82, 2.24) is 0 Å². The Morgan fingerprint density at radius 1 is 0.963 bits per heavy atom. The van der Waals surface area contributed by atoms with Crippen LogP contribution >= 0.6 is 0 Å². The van der Waals surface area contributed by atoms with Gasteiger partial charge in [-0.15, -0.1) is 0 Å². The number of benzene rings is 2. The summed E-state index contributed by atoms with van der Waals surface area (Å²) in [4.78, 5) is 24.7. The van der Waals surface area contributed by atoms with Gasteiger partial charge in [0.1, 0.15) is 0 Å². The first-order valence-electron chi connectivity index (χ1n) is 9.65. The lowest BCUT2D eigenvalue weighted by molar-refractivity contribution is -0.134. The van der Waals surface area contributed by atoms with Gasteiger partial charge in [-0.1, -0.05) is 24.3 Å². The highest BCUT2D eigenvalue weighted by Gasteiger charge is 2.49. The van der Waals surface area contributed by atoms with E-state index in [0.717, 1.165) is 43.2 Å². The molecule has 0 aromatic heterocycles. The Bertz CT molecular complexity index is 1010. The van der Waals surface area contributed by atoms with Crippen molar-refractivity contribution in [1.29, 1.82) is 0 Å². The molecule has 1 spiro atoms. The molecule has 3 heteroatoms. The van der Waals surface area contributed by atoms with Crippen molar-refractivity contribution >= 4 is 17.8 Å². The molecule has 0 amide bonds. The summed E-state index contributed by atoms with van der Waals surface area (Å²) in [5, 5.41) is 0. The first-order valence-corrected chi connectivity index (χ1v) is 9.65. The lowest BCUT2D eigenvalue weighted by atomic mass is 9.81. The third-order valence-electron chi connectivity index (χ3n) is 6.47. The molecule has 0 saturated heterocycles. The monoisotopic (exact) mass is 358 g/mol. The molecule has 0 saturated carbocycles. The Balaban J connectivity index is 1.44. The molecule has 0 bridgehead atoms. The normalized spacial score (nSPS) is 22.3. The second-order valence-electron chi connectivity index (χ2n) is 8.16. The molecule has 0 heterocycles. The minimum atomic E-state index is -0.360. The van der Waals surface area contributed by atoms with Gasteiger partial charge in [-0.3, -0.25) is 4.79 Å². The summed E-state index contributed by atoms with van der Waals surface area (Å²) in [6.07, 6.45) is 9.15. The summed E-state index contributed by atoms with van der Waals surface area (Å²) in [5.74, 6) is -0.0310. The fraction of sp³-hybridized carbons (Fsp3) is 0.333. The Morgan fingerprint density at radius 2 is 1.70 bits per heavy atom. The first-order chi connectivity index (χ1) is 13.1. The van der Waals surface area contributed by atoms with Crippen LogP contribution in [0.5, 0.6) is 0 Å². The number of aryl methyl sites for hydroxylation is 2. The highest BCUT2D eigenvalue weighted by Crippen LogP contribution is 2.48. The molecule has 0 fully saturated rings. The van der Waals surface area contributed by atoms with Crippen molar-refractivity contribution in [3.63, 3.8) is 0 Å². The molecular formula is C24H22O3. The zero-order valence-electron chi connectivity index (χ0n) is 15.5. The van der Waals surface area contributed by atoms with E-state index in [0.29, 0.717) is 5.78 Å². The van der Waals surface area contributed by atoms with Crippen molar-refractivity contribution in [3.05, 3.63) is 75.4 Å². The zero-order valence-corrected chi connectivity index (χ0v) is 15.5. The predicted molar refractivity (Wildman–Crippen MR) is 104 cm³/mol. The molecule has 3 aliphatic rings. The Morgan fingerprint density at radius 3 is 2.52 bits per heavy atom. The number of hydrogen-bond donors (Lipinski definition) is 0. The van der Waals surface area contributed by atoms with Crippen LogP contribution in [-0.4, -0.2) is 18.9 Å². The number of ketones is 1. The molecule has 1 unspecified atom stereocenters. The summed E-state index contributed by atoms with van der Waals surface area (Å²) < 4.78 is 4.65. The zero-order chi connectivity index (χ0) is 18.6. The average Bonchev–Trinajstić information content (AvgIpc) is 3.34. The van der Waals surface area contributed by atoms with Crippen LogP contribution in [0.1, 0.15) is 50.2 Å². The Labute approximate surface area is 159 Å². The van der Waals surface area contributed by atoms with E-state index in [1.165, 1.54) is 47.4 Å². The van der Waals surface area contributed by atoms with Gasteiger partial charge in [0.05, 0.1) is 7.11 Å². The molecular weight excluding hydrogens is 336 g/mol. The van der Waals surface area contributed by atoms with E-state index in [9.17, 15) is 9.59 Å². The van der Waals surface area contributed by atoms with Gasteiger partial charge in [0, 0.05) is 17.1 Å². The number of rotatable bonds is 2. The third kappa shape index (κ3) is 2.56. The maximum absolute atomic E-state index is 13.4. The quantitative estimate of drug-likeness (QED) is 0.604. The van der Waals surface area contributed by atoms with Crippen LogP contribution in [0.15, 0.2) is 36.4 Å². The van der Waals surface area contributed by atoms with Gasteiger partial charge in [-0.05, 0) is 84.0 Å². The number of hydrogen-bond acceptors (Lipinski definition) is 3. The van der Waals surface area contributed by atoms with E-state index < -0.39 is 0 Å². The SMILES string of the molecule is COC(=O)/C=C/c1ccc2c(c1)CC1(C2)Cc2cc3c(cc2C1=O)CCC3. The second-order valence-corrected chi connectivity index (χ2v) is 8.16. The van der Waals surface area contributed by atoms with Crippen molar-refractivity contribution in [3.8, 4) is 0 Å². The van der Waals surface area contributed by atoms with E-state index >= 15 is 0 Å². The summed E-state index contributed by atoms with van der Waals surface area (Å²) >= 11 is 0. The van der Waals surface area contributed by atoms with Gasteiger partial charge in [0.25, 0.3) is 0 Å². The topological polar surface area (TPSA) is 43.4 Å². The fourth-order valence-corrected chi connectivity index (χ4v) is 5.16. The van der Waals surface area contributed by atoms with E-state index in [-0.39, 0.29) is 11.4 Å². The maximum atomic E-state index is 13.4. The minimum Gasteiger partial charge on any atom is -0.466 e. The molecule has 0 aliphatic heterocycles. The molecule has 3 aliphatic carbocycles. The summed E-state index contributed by atoms with van der Waals surface area (Å²) in [7, 11) is 1.37. The van der Waals surface area contributed by atoms with Crippen molar-refractivity contribution in [2.45, 2.75) is 38.5 Å².